The van der Waals surface area contributed by atoms with Crippen molar-refractivity contribution in [2.24, 2.45) is 0 Å². The molecule has 1 fully saturated rings. The van der Waals surface area contributed by atoms with E-state index in [0.29, 0.717) is 0 Å². The van der Waals surface area contributed by atoms with Crippen LogP contribution in [0.4, 0.5) is 5.82 Å². The highest BCUT2D eigenvalue weighted by atomic mass is 79.9. The van der Waals surface area contributed by atoms with Gasteiger partial charge in [0.2, 0.25) is 0 Å². The summed E-state index contributed by atoms with van der Waals surface area (Å²) >= 11 is 3.48. The Balaban J connectivity index is 2.19. The van der Waals surface area contributed by atoms with Crippen molar-refractivity contribution >= 4 is 21.7 Å². The van der Waals surface area contributed by atoms with E-state index in [2.05, 4.69) is 50.8 Å². The Bertz CT molecular complexity index is 359. The number of likely N-dealkylation sites (N-methyl/N-ethyl adjacent to an activating group) is 1. The molecular formula is C12H18BrN3. The van der Waals surface area contributed by atoms with Gasteiger partial charge in [-0.3, -0.25) is 0 Å². The fourth-order valence-electron chi connectivity index (χ4n) is 2.04. The van der Waals surface area contributed by atoms with Crippen LogP contribution in [0, 0.1) is 0 Å². The summed E-state index contributed by atoms with van der Waals surface area (Å²) < 4.78 is 1.07. The molecule has 0 saturated carbocycles. The molecule has 0 atom stereocenters. The molecule has 0 aromatic carbocycles. The van der Waals surface area contributed by atoms with E-state index < -0.39 is 0 Å². The Morgan fingerprint density at radius 1 is 1.31 bits per heavy atom. The molecule has 0 spiro atoms. The molecule has 2 rings (SSSR count). The first-order valence-corrected chi connectivity index (χ1v) is 6.58. The van der Waals surface area contributed by atoms with Gasteiger partial charge < -0.3 is 9.80 Å². The van der Waals surface area contributed by atoms with Crippen LogP contribution in [0.15, 0.2) is 16.7 Å². The van der Waals surface area contributed by atoms with Crippen LogP contribution in [0.5, 0.6) is 0 Å². The van der Waals surface area contributed by atoms with Gasteiger partial charge >= 0.3 is 0 Å². The molecule has 0 unspecified atom stereocenters. The molecule has 1 aromatic rings. The van der Waals surface area contributed by atoms with Crippen molar-refractivity contribution in [3.05, 3.63) is 22.3 Å². The molecule has 1 saturated heterocycles. The van der Waals surface area contributed by atoms with Gasteiger partial charge in [0.1, 0.15) is 5.82 Å². The number of rotatable bonds is 2. The first-order chi connectivity index (χ1) is 7.70. The molecule has 1 aliphatic rings. The van der Waals surface area contributed by atoms with Crippen LogP contribution in [0.3, 0.4) is 0 Å². The minimum absolute atomic E-state index is 1.04. The number of halogens is 1. The lowest BCUT2D eigenvalue weighted by Crippen LogP contribution is -2.45. The molecule has 2 heterocycles. The molecule has 0 amide bonds. The van der Waals surface area contributed by atoms with Gasteiger partial charge in [0.25, 0.3) is 0 Å². The fraction of sp³-hybridized carbons (Fsp3) is 0.583. The van der Waals surface area contributed by atoms with Gasteiger partial charge in [-0.2, -0.15) is 0 Å². The zero-order valence-corrected chi connectivity index (χ0v) is 11.5. The molecule has 3 nitrogen and oxygen atoms in total. The second kappa shape index (κ2) is 5.15. The van der Waals surface area contributed by atoms with E-state index in [0.717, 1.165) is 37.1 Å². The zero-order chi connectivity index (χ0) is 11.5. The van der Waals surface area contributed by atoms with Gasteiger partial charge in [-0.25, -0.2) is 4.98 Å². The molecule has 0 radical (unpaired) electrons. The van der Waals surface area contributed by atoms with Crippen molar-refractivity contribution in [3.8, 4) is 0 Å². The Labute approximate surface area is 106 Å². The normalized spacial score (nSPS) is 17.8. The largest absolute Gasteiger partial charge is 0.354 e. The monoisotopic (exact) mass is 283 g/mol. The summed E-state index contributed by atoms with van der Waals surface area (Å²) in [6.45, 7) is 6.60. The summed E-state index contributed by atoms with van der Waals surface area (Å²) in [6.07, 6.45) is 2.93. The number of anilines is 1. The lowest BCUT2D eigenvalue weighted by molar-refractivity contribution is 0.312. The van der Waals surface area contributed by atoms with Crippen LogP contribution >= 0.6 is 15.9 Å². The summed E-state index contributed by atoms with van der Waals surface area (Å²) in [6, 6.07) is 2.18. The van der Waals surface area contributed by atoms with E-state index in [1.807, 2.05) is 6.20 Å². The number of aromatic nitrogens is 1. The van der Waals surface area contributed by atoms with Crippen LogP contribution in [-0.4, -0.2) is 43.1 Å². The van der Waals surface area contributed by atoms with Crippen LogP contribution in [0.2, 0.25) is 0 Å². The second-order valence-corrected chi connectivity index (χ2v) is 5.20. The highest BCUT2D eigenvalue weighted by molar-refractivity contribution is 9.10. The maximum atomic E-state index is 4.56. The van der Waals surface area contributed by atoms with Crippen molar-refractivity contribution < 1.29 is 0 Å². The summed E-state index contributed by atoms with van der Waals surface area (Å²) in [7, 11) is 2.17. The van der Waals surface area contributed by atoms with Gasteiger partial charge in [0, 0.05) is 36.8 Å². The molecule has 1 aliphatic heterocycles. The number of aryl methyl sites for hydroxylation is 1. The van der Waals surface area contributed by atoms with E-state index in [9.17, 15) is 0 Å². The Hall–Kier alpha value is -0.610. The van der Waals surface area contributed by atoms with Crippen molar-refractivity contribution in [2.75, 3.05) is 38.1 Å². The average Bonchev–Trinajstić information content (AvgIpc) is 2.30. The maximum Gasteiger partial charge on any atom is 0.131 e. The molecular weight excluding hydrogens is 266 g/mol. The van der Waals surface area contributed by atoms with Crippen molar-refractivity contribution in [1.82, 2.24) is 9.88 Å². The Kier molecular flexibility index (Phi) is 3.82. The molecule has 0 aliphatic carbocycles. The van der Waals surface area contributed by atoms with Crippen LogP contribution in [-0.2, 0) is 6.42 Å². The predicted octanol–water partition coefficient (Wildman–Crippen LogP) is 2.16. The van der Waals surface area contributed by atoms with Gasteiger partial charge in [-0.15, -0.1) is 0 Å². The number of hydrogen-bond acceptors (Lipinski definition) is 3. The quantitative estimate of drug-likeness (QED) is 0.829. The third-order valence-corrected chi connectivity index (χ3v) is 3.53. The van der Waals surface area contributed by atoms with E-state index in [1.165, 1.54) is 11.4 Å². The summed E-state index contributed by atoms with van der Waals surface area (Å²) in [5.41, 5.74) is 1.33. The molecule has 1 aromatic heterocycles. The summed E-state index contributed by atoms with van der Waals surface area (Å²) in [5.74, 6) is 1.17. The fourth-order valence-corrected chi connectivity index (χ4v) is 2.42. The summed E-state index contributed by atoms with van der Waals surface area (Å²) in [4.78, 5) is 9.31. The van der Waals surface area contributed by atoms with Gasteiger partial charge in [-0.05, 0) is 41.0 Å². The molecule has 16 heavy (non-hydrogen) atoms. The lowest BCUT2D eigenvalue weighted by Gasteiger charge is -2.34. The molecule has 0 bridgehead atoms. The van der Waals surface area contributed by atoms with E-state index >= 15 is 0 Å². The van der Waals surface area contributed by atoms with E-state index in [-0.39, 0.29) is 0 Å². The van der Waals surface area contributed by atoms with Crippen LogP contribution in [0.25, 0.3) is 0 Å². The van der Waals surface area contributed by atoms with Crippen molar-refractivity contribution in [1.29, 1.82) is 0 Å². The van der Waals surface area contributed by atoms with Crippen LogP contribution < -0.4 is 4.90 Å². The number of nitrogens with zero attached hydrogens (tertiary/aromatic N) is 3. The first-order valence-electron chi connectivity index (χ1n) is 5.78. The smallest absolute Gasteiger partial charge is 0.131 e. The van der Waals surface area contributed by atoms with Crippen molar-refractivity contribution in [2.45, 2.75) is 13.3 Å². The SMILES string of the molecule is CCc1cc(Br)cnc1N1CCN(C)CC1. The molecule has 4 heteroatoms. The zero-order valence-electron chi connectivity index (χ0n) is 9.91. The van der Waals surface area contributed by atoms with Gasteiger partial charge in [0.05, 0.1) is 0 Å². The topological polar surface area (TPSA) is 19.4 Å². The third-order valence-electron chi connectivity index (χ3n) is 3.09. The van der Waals surface area contributed by atoms with E-state index in [4.69, 9.17) is 0 Å². The van der Waals surface area contributed by atoms with Crippen molar-refractivity contribution in [3.63, 3.8) is 0 Å². The summed E-state index contributed by atoms with van der Waals surface area (Å²) in [5, 5.41) is 0. The second-order valence-electron chi connectivity index (χ2n) is 4.28. The Morgan fingerprint density at radius 3 is 2.62 bits per heavy atom. The van der Waals surface area contributed by atoms with E-state index in [1.54, 1.807) is 0 Å². The average molecular weight is 284 g/mol. The molecule has 0 N–H and O–H groups in total. The highest BCUT2D eigenvalue weighted by Crippen LogP contribution is 2.22. The van der Waals surface area contributed by atoms with Gasteiger partial charge in [0.15, 0.2) is 0 Å². The Morgan fingerprint density at radius 2 is 2.00 bits per heavy atom. The molecule has 88 valence electrons. The number of piperazine rings is 1. The van der Waals surface area contributed by atoms with Gasteiger partial charge in [-0.1, -0.05) is 6.92 Å². The highest BCUT2D eigenvalue weighted by Gasteiger charge is 2.17. The first kappa shape index (κ1) is 11.9. The maximum absolute atomic E-state index is 4.56. The minimum atomic E-state index is 1.04. The van der Waals surface area contributed by atoms with Crippen LogP contribution in [0.1, 0.15) is 12.5 Å². The minimum Gasteiger partial charge on any atom is -0.354 e. The lowest BCUT2D eigenvalue weighted by atomic mass is 10.2. The number of pyridine rings is 1. The third kappa shape index (κ3) is 2.55. The number of hydrogen-bond donors (Lipinski definition) is 0. The standard InChI is InChI=1S/C12H18BrN3/c1-3-10-8-11(13)9-14-12(10)16-6-4-15(2)5-7-16/h8-9H,3-7H2,1-2H3. The predicted molar refractivity (Wildman–Crippen MR) is 71.0 cm³/mol.